The van der Waals surface area contributed by atoms with Crippen molar-refractivity contribution < 1.29 is 14.3 Å². The summed E-state index contributed by atoms with van der Waals surface area (Å²) in [4.78, 5) is 24.3. The molecule has 0 unspecified atom stereocenters. The molecule has 0 atom stereocenters. The van der Waals surface area contributed by atoms with Crippen LogP contribution < -0.4 is 16.0 Å². The number of nitrogens with one attached hydrogen (secondary N) is 3. The van der Waals surface area contributed by atoms with E-state index in [1.807, 2.05) is 0 Å². The van der Waals surface area contributed by atoms with Crippen molar-refractivity contribution in [2.75, 3.05) is 33.4 Å². The highest BCUT2D eigenvalue weighted by molar-refractivity contribution is 5.85. The van der Waals surface area contributed by atoms with Crippen LogP contribution in [0.4, 0.5) is 0 Å². The smallest absolute Gasteiger partial charge is 0.223 e. The summed E-state index contributed by atoms with van der Waals surface area (Å²) in [6.45, 7) is 2.91. The van der Waals surface area contributed by atoms with Crippen LogP contribution in [-0.4, -0.2) is 51.2 Å². The Morgan fingerprint density at radius 3 is 2.16 bits per heavy atom. The highest BCUT2D eigenvalue weighted by atomic mass is 35.5. The number of methoxy groups -OCH3 is 1. The van der Waals surface area contributed by atoms with Gasteiger partial charge in [0.2, 0.25) is 11.8 Å². The van der Waals surface area contributed by atoms with Crippen molar-refractivity contribution in [3.05, 3.63) is 0 Å². The lowest BCUT2D eigenvalue weighted by atomic mass is 9.85. The van der Waals surface area contributed by atoms with Crippen molar-refractivity contribution in [1.82, 2.24) is 16.0 Å². The van der Waals surface area contributed by atoms with Crippen molar-refractivity contribution in [2.24, 2.45) is 11.8 Å². The number of carbonyl (C=O) groups excluding carboxylic acids is 2. The lowest BCUT2D eigenvalue weighted by Gasteiger charge is -2.29. The van der Waals surface area contributed by atoms with E-state index < -0.39 is 0 Å². The van der Waals surface area contributed by atoms with E-state index in [1.54, 1.807) is 7.11 Å². The monoisotopic (exact) mass is 375 g/mol. The summed E-state index contributed by atoms with van der Waals surface area (Å²) in [5, 5.41) is 9.41. The van der Waals surface area contributed by atoms with Crippen molar-refractivity contribution in [3.63, 3.8) is 0 Å². The van der Waals surface area contributed by atoms with E-state index in [-0.39, 0.29) is 42.1 Å². The number of carbonyl (C=O) groups is 2. The molecule has 0 aromatic heterocycles. The van der Waals surface area contributed by atoms with Gasteiger partial charge in [-0.2, -0.15) is 0 Å². The summed E-state index contributed by atoms with van der Waals surface area (Å²) in [6.07, 6.45) is 8.04. The molecule has 0 saturated heterocycles. The fourth-order valence-electron chi connectivity index (χ4n) is 3.72. The summed E-state index contributed by atoms with van der Waals surface area (Å²) in [5.41, 5.74) is 0. The van der Waals surface area contributed by atoms with Crippen LogP contribution >= 0.6 is 12.4 Å². The van der Waals surface area contributed by atoms with Crippen molar-refractivity contribution >= 4 is 24.2 Å². The third-order valence-electron chi connectivity index (χ3n) is 5.25. The first-order chi connectivity index (χ1) is 11.7. The molecule has 0 heterocycles. The van der Waals surface area contributed by atoms with Crippen LogP contribution in [0.2, 0.25) is 0 Å². The molecule has 0 aliphatic heterocycles. The van der Waals surface area contributed by atoms with Crippen LogP contribution in [0.25, 0.3) is 0 Å². The molecule has 2 aliphatic carbocycles. The molecular weight excluding hydrogens is 342 g/mol. The quantitative estimate of drug-likeness (QED) is 0.535. The maximum atomic E-state index is 12.2. The van der Waals surface area contributed by atoms with E-state index >= 15 is 0 Å². The Bertz CT molecular complexity index is 395. The molecular formula is C18H34ClN3O3. The van der Waals surface area contributed by atoms with Gasteiger partial charge in [-0.05, 0) is 38.5 Å². The fraction of sp³-hybridized carbons (Fsp3) is 0.889. The van der Waals surface area contributed by atoms with Crippen LogP contribution in [-0.2, 0) is 14.3 Å². The zero-order valence-corrected chi connectivity index (χ0v) is 16.2. The maximum Gasteiger partial charge on any atom is 0.223 e. The second-order valence-corrected chi connectivity index (χ2v) is 7.07. The first-order valence-corrected chi connectivity index (χ1v) is 9.48. The standard InChI is InChI=1S/C18H33N3O3.ClH/c1-24-13-12-19-10-11-20-17(22)15-6-8-16(9-7-15)21-18(23)14-4-2-3-5-14;/h14-16,19H,2-13H2,1H3,(H,20,22)(H,21,23);1H. The molecule has 2 amide bonds. The number of ether oxygens (including phenoxy) is 1. The Balaban J connectivity index is 0.00000312. The molecule has 146 valence electrons. The average molecular weight is 376 g/mol. The highest BCUT2D eigenvalue weighted by Gasteiger charge is 2.29. The van der Waals surface area contributed by atoms with Crippen molar-refractivity contribution in [2.45, 2.75) is 57.4 Å². The van der Waals surface area contributed by atoms with Gasteiger partial charge in [0.1, 0.15) is 0 Å². The van der Waals surface area contributed by atoms with Gasteiger partial charge in [0, 0.05) is 44.6 Å². The highest BCUT2D eigenvalue weighted by Crippen LogP contribution is 2.27. The Hall–Kier alpha value is -0.850. The molecule has 7 heteroatoms. The van der Waals surface area contributed by atoms with E-state index in [1.165, 1.54) is 12.8 Å². The second kappa shape index (κ2) is 12.5. The van der Waals surface area contributed by atoms with Crippen molar-refractivity contribution in [1.29, 1.82) is 0 Å². The predicted octanol–water partition coefficient (Wildman–Crippen LogP) is 1.63. The van der Waals surface area contributed by atoms with Gasteiger partial charge in [-0.1, -0.05) is 12.8 Å². The summed E-state index contributed by atoms with van der Waals surface area (Å²) in [5.74, 6) is 0.729. The Morgan fingerprint density at radius 1 is 0.880 bits per heavy atom. The third-order valence-corrected chi connectivity index (χ3v) is 5.25. The molecule has 0 aromatic rings. The molecule has 6 nitrogen and oxygen atoms in total. The van der Waals surface area contributed by atoms with Gasteiger partial charge in [0.15, 0.2) is 0 Å². The Kier molecular flexibility index (Phi) is 11.1. The first-order valence-electron chi connectivity index (χ1n) is 9.48. The number of amides is 2. The van der Waals surface area contributed by atoms with Gasteiger partial charge >= 0.3 is 0 Å². The van der Waals surface area contributed by atoms with E-state index in [0.717, 1.165) is 51.6 Å². The van der Waals surface area contributed by atoms with Crippen LogP contribution in [0.5, 0.6) is 0 Å². The minimum absolute atomic E-state index is 0. The minimum Gasteiger partial charge on any atom is -0.383 e. The number of hydrogen-bond acceptors (Lipinski definition) is 4. The van der Waals surface area contributed by atoms with Gasteiger partial charge in [0.25, 0.3) is 0 Å². The van der Waals surface area contributed by atoms with Gasteiger partial charge in [-0.25, -0.2) is 0 Å². The minimum atomic E-state index is 0. The molecule has 2 saturated carbocycles. The summed E-state index contributed by atoms with van der Waals surface area (Å²) >= 11 is 0. The molecule has 3 N–H and O–H groups in total. The maximum absolute atomic E-state index is 12.2. The normalized spacial score (nSPS) is 23.7. The molecule has 25 heavy (non-hydrogen) atoms. The summed E-state index contributed by atoms with van der Waals surface area (Å²) in [6, 6.07) is 0.262. The lowest BCUT2D eigenvalue weighted by Crippen LogP contribution is -2.43. The summed E-state index contributed by atoms with van der Waals surface area (Å²) < 4.78 is 4.95. The average Bonchev–Trinajstić information content (AvgIpc) is 3.13. The summed E-state index contributed by atoms with van der Waals surface area (Å²) in [7, 11) is 1.68. The number of halogens is 1. The van der Waals surface area contributed by atoms with Crippen LogP contribution in [0.3, 0.4) is 0 Å². The largest absolute Gasteiger partial charge is 0.383 e. The second-order valence-electron chi connectivity index (χ2n) is 7.07. The molecule has 0 bridgehead atoms. The van der Waals surface area contributed by atoms with Crippen LogP contribution in [0.1, 0.15) is 51.4 Å². The third kappa shape index (κ3) is 7.92. The van der Waals surface area contributed by atoms with E-state index in [4.69, 9.17) is 4.74 Å². The van der Waals surface area contributed by atoms with Crippen LogP contribution in [0, 0.1) is 11.8 Å². The van der Waals surface area contributed by atoms with E-state index in [9.17, 15) is 9.59 Å². The number of rotatable bonds is 9. The van der Waals surface area contributed by atoms with Crippen molar-refractivity contribution in [3.8, 4) is 0 Å². The predicted molar refractivity (Wildman–Crippen MR) is 101 cm³/mol. The molecule has 2 aliphatic rings. The SMILES string of the molecule is COCCNCCNC(=O)C1CCC(NC(=O)C2CCCC2)CC1.Cl. The number of hydrogen-bond donors (Lipinski definition) is 3. The zero-order chi connectivity index (χ0) is 17.2. The molecule has 2 fully saturated rings. The van der Waals surface area contributed by atoms with Gasteiger partial charge in [-0.15, -0.1) is 12.4 Å². The lowest BCUT2D eigenvalue weighted by molar-refractivity contribution is -0.126. The van der Waals surface area contributed by atoms with E-state index in [0.29, 0.717) is 13.2 Å². The van der Waals surface area contributed by atoms with Gasteiger partial charge < -0.3 is 20.7 Å². The zero-order valence-electron chi connectivity index (χ0n) is 15.4. The molecule has 2 rings (SSSR count). The molecule has 0 aromatic carbocycles. The first kappa shape index (κ1) is 22.2. The fourth-order valence-corrected chi connectivity index (χ4v) is 3.72. The van der Waals surface area contributed by atoms with Crippen LogP contribution in [0.15, 0.2) is 0 Å². The Labute approximate surface area is 157 Å². The Morgan fingerprint density at radius 2 is 1.52 bits per heavy atom. The topological polar surface area (TPSA) is 79.5 Å². The van der Waals surface area contributed by atoms with Gasteiger partial charge in [-0.3, -0.25) is 9.59 Å². The molecule has 0 spiro atoms. The van der Waals surface area contributed by atoms with E-state index in [2.05, 4.69) is 16.0 Å². The van der Waals surface area contributed by atoms with Gasteiger partial charge in [0.05, 0.1) is 6.61 Å². The molecule has 0 radical (unpaired) electrons.